The summed E-state index contributed by atoms with van der Waals surface area (Å²) in [6.45, 7) is 0. The van der Waals surface area contributed by atoms with Crippen LogP contribution in [0.4, 0.5) is 0 Å². The van der Waals surface area contributed by atoms with Crippen molar-refractivity contribution >= 4 is 23.2 Å². The molecule has 0 aliphatic heterocycles. The highest BCUT2D eigenvalue weighted by atomic mass is 35.5. The Kier molecular flexibility index (Phi) is 3.10. The zero-order valence-electron chi connectivity index (χ0n) is 9.40. The molecule has 94 valence electrons. The van der Waals surface area contributed by atoms with E-state index in [4.69, 9.17) is 23.2 Å². The second-order valence-electron chi connectivity index (χ2n) is 3.56. The highest BCUT2D eigenvalue weighted by Gasteiger charge is 2.13. The summed E-state index contributed by atoms with van der Waals surface area (Å²) in [5.41, 5.74) is 1.42. The van der Waals surface area contributed by atoms with Crippen LogP contribution in [0.15, 0.2) is 36.5 Å². The topological polar surface area (TPSA) is 69.4 Å². The van der Waals surface area contributed by atoms with Gasteiger partial charge in [-0.25, -0.2) is 4.68 Å². The first-order valence-corrected chi connectivity index (χ1v) is 6.03. The minimum Gasteiger partial charge on any atom is -0.210 e. The first-order valence-electron chi connectivity index (χ1n) is 5.27. The molecule has 0 amide bonds. The highest BCUT2D eigenvalue weighted by Crippen LogP contribution is 2.19. The van der Waals surface area contributed by atoms with Gasteiger partial charge in [-0.2, -0.15) is 15.0 Å². The van der Waals surface area contributed by atoms with Gasteiger partial charge in [-0.3, -0.25) is 0 Å². The number of nitrogens with zero attached hydrogens (tertiary/aromatic N) is 6. The summed E-state index contributed by atoms with van der Waals surface area (Å²) in [4.78, 5) is 11.7. The molecule has 0 atom stereocenters. The zero-order chi connectivity index (χ0) is 13.2. The van der Waals surface area contributed by atoms with Gasteiger partial charge in [-0.05, 0) is 35.3 Å². The quantitative estimate of drug-likeness (QED) is 0.725. The fourth-order valence-electron chi connectivity index (χ4n) is 1.59. The number of halogens is 2. The van der Waals surface area contributed by atoms with Crippen molar-refractivity contribution in [1.29, 1.82) is 0 Å². The van der Waals surface area contributed by atoms with E-state index in [1.165, 1.54) is 6.20 Å². The fourth-order valence-corrected chi connectivity index (χ4v) is 1.95. The van der Waals surface area contributed by atoms with E-state index in [1.807, 2.05) is 30.3 Å². The largest absolute Gasteiger partial charge is 0.227 e. The average molecular weight is 293 g/mol. The SMILES string of the molecule is Clc1nc(Cl)nc(-c2cnnn2-c2ccccc2)n1. The lowest BCUT2D eigenvalue weighted by Gasteiger charge is -2.04. The molecular formula is C11H6Cl2N6. The third kappa shape index (κ3) is 2.40. The standard InChI is InChI=1S/C11H6Cl2N6/c12-10-15-9(16-11(13)17-10)8-6-14-18-19(8)7-4-2-1-3-5-7/h1-6H. The fraction of sp³-hybridized carbons (Fsp3) is 0. The van der Waals surface area contributed by atoms with Crippen LogP contribution < -0.4 is 0 Å². The van der Waals surface area contributed by atoms with Crippen LogP contribution in [0.5, 0.6) is 0 Å². The Labute approximate surface area is 118 Å². The molecule has 0 radical (unpaired) electrons. The van der Waals surface area contributed by atoms with Crippen molar-refractivity contribution in [3.63, 3.8) is 0 Å². The molecule has 0 saturated carbocycles. The van der Waals surface area contributed by atoms with E-state index in [1.54, 1.807) is 4.68 Å². The molecule has 8 heteroatoms. The predicted octanol–water partition coefficient (Wildman–Crippen LogP) is 2.43. The molecular weight excluding hydrogens is 287 g/mol. The molecule has 0 unspecified atom stereocenters. The summed E-state index contributed by atoms with van der Waals surface area (Å²) in [5.74, 6) is 0.318. The van der Waals surface area contributed by atoms with E-state index < -0.39 is 0 Å². The lowest BCUT2D eigenvalue weighted by atomic mass is 10.3. The van der Waals surface area contributed by atoms with Gasteiger partial charge in [0.05, 0.1) is 11.9 Å². The van der Waals surface area contributed by atoms with Crippen LogP contribution in [0, 0.1) is 0 Å². The van der Waals surface area contributed by atoms with Crippen LogP contribution >= 0.6 is 23.2 Å². The van der Waals surface area contributed by atoms with Crippen molar-refractivity contribution in [3.8, 4) is 17.2 Å². The molecule has 19 heavy (non-hydrogen) atoms. The lowest BCUT2D eigenvalue weighted by Crippen LogP contribution is -2.02. The molecule has 0 saturated heterocycles. The molecule has 2 heterocycles. The number of hydrogen-bond acceptors (Lipinski definition) is 5. The third-order valence-electron chi connectivity index (χ3n) is 2.36. The van der Waals surface area contributed by atoms with Crippen LogP contribution in [0.1, 0.15) is 0 Å². The van der Waals surface area contributed by atoms with Crippen LogP contribution in [0.25, 0.3) is 17.2 Å². The van der Waals surface area contributed by atoms with E-state index in [-0.39, 0.29) is 10.6 Å². The molecule has 1 aromatic carbocycles. The monoisotopic (exact) mass is 292 g/mol. The highest BCUT2D eigenvalue weighted by molar-refractivity contribution is 6.31. The number of para-hydroxylation sites is 1. The van der Waals surface area contributed by atoms with Gasteiger partial charge >= 0.3 is 0 Å². The van der Waals surface area contributed by atoms with Gasteiger partial charge in [0.2, 0.25) is 10.6 Å². The molecule has 0 N–H and O–H groups in total. The number of benzene rings is 1. The van der Waals surface area contributed by atoms with Gasteiger partial charge < -0.3 is 0 Å². The predicted molar refractivity (Wildman–Crippen MR) is 70.2 cm³/mol. The minimum absolute atomic E-state index is 0.0239. The summed E-state index contributed by atoms with van der Waals surface area (Å²) in [7, 11) is 0. The summed E-state index contributed by atoms with van der Waals surface area (Å²) in [6.07, 6.45) is 1.54. The van der Waals surface area contributed by atoms with Crippen LogP contribution in [0.2, 0.25) is 10.6 Å². The van der Waals surface area contributed by atoms with Gasteiger partial charge in [0, 0.05) is 0 Å². The van der Waals surface area contributed by atoms with Crippen molar-refractivity contribution in [2.75, 3.05) is 0 Å². The molecule has 0 aliphatic rings. The van der Waals surface area contributed by atoms with Gasteiger partial charge in [-0.15, -0.1) is 5.10 Å². The van der Waals surface area contributed by atoms with Crippen molar-refractivity contribution in [2.45, 2.75) is 0 Å². The first-order chi connectivity index (χ1) is 9.24. The van der Waals surface area contributed by atoms with Crippen molar-refractivity contribution in [3.05, 3.63) is 47.1 Å². The molecule has 3 aromatic rings. The molecule has 2 aromatic heterocycles. The Morgan fingerprint density at radius 3 is 2.26 bits per heavy atom. The second-order valence-corrected chi connectivity index (χ2v) is 4.24. The summed E-state index contributed by atoms with van der Waals surface area (Å²) in [5, 5.41) is 7.91. The van der Waals surface area contributed by atoms with Crippen molar-refractivity contribution in [2.24, 2.45) is 0 Å². The summed E-state index contributed by atoms with van der Waals surface area (Å²) in [6, 6.07) is 9.49. The van der Waals surface area contributed by atoms with Gasteiger partial charge in [0.25, 0.3) is 0 Å². The molecule has 0 aliphatic carbocycles. The molecule has 6 nitrogen and oxygen atoms in total. The number of hydrogen-bond donors (Lipinski definition) is 0. The zero-order valence-corrected chi connectivity index (χ0v) is 10.9. The maximum absolute atomic E-state index is 5.77. The first kappa shape index (κ1) is 12.0. The normalized spacial score (nSPS) is 10.6. The van der Waals surface area contributed by atoms with Crippen molar-refractivity contribution in [1.82, 2.24) is 29.9 Å². The van der Waals surface area contributed by atoms with Crippen LogP contribution in [-0.4, -0.2) is 29.9 Å². The van der Waals surface area contributed by atoms with E-state index in [0.717, 1.165) is 5.69 Å². The van der Waals surface area contributed by atoms with Gasteiger partial charge in [0.15, 0.2) is 5.82 Å². The smallest absolute Gasteiger partial charge is 0.210 e. The molecule has 0 fully saturated rings. The second kappa shape index (κ2) is 4.91. The Bertz CT molecular complexity index is 692. The van der Waals surface area contributed by atoms with Gasteiger partial charge in [0.1, 0.15) is 5.69 Å². The Morgan fingerprint density at radius 2 is 1.58 bits per heavy atom. The summed E-state index contributed by atoms with van der Waals surface area (Å²) < 4.78 is 1.60. The van der Waals surface area contributed by atoms with Crippen LogP contribution in [0.3, 0.4) is 0 Å². The number of rotatable bonds is 2. The molecule has 0 spiro atoms. The minimum atomic E-state index is 0.0239. The maximum atomic E-state index is 5.77. The average Bonchev–Trinajstić information content (AvgIpc) is 2.88. The third-order valence-corrected chi connectivity index (χ3v) is 2.70. The van der Waals surface area contributed by atoms with E-state index in [9.17, 15) is 0 Å². The maximum Gasteiger partial charge on any atom is 0.227 e. The Morgan fingerprint density at radius 1 is 0.895 bits per heavy atom. The van der Waals surface area contributed by atoms with Gasteiger partial charge in [-0.1, -0.05) is 23.4 Å². The van der Waals surface area contributed by atoms with Crippen LogP contribution in [-0.2, 0) is 0 Å². The van der Waals surface area contributed by atoms with E-state index >= 15 is 0 Å². The number of aromatic nitrogens is 6. The summed E-state index contributed by atoms with van der Waals surface area (Å²) >= 11 is 11.5. The molecule has 3 rings (SSSR count). The van der Waals surface area contributed by atoms with E-state index in [0.29, 0.717) is 11.5 Å². The van der Waals surface area contributed by atoms with Crippen molar-refractivity contribution < 1.29 is 0 Å². The van der Waals surface area contributed by atoms with E-state index in [2.05, 4.69) is 25.3 Å². The Balaban J connectivity index is 2.15. The lowest BCUT2D eigenvalue weighted by molar-refractivity contribution is 0.803. The molecule has 0 bridgehead atoms. The Hall–Kier alpha value is -2.05.